The molecule has 0 aromatic heterocycles. The van der Waals surface area contributed by atoms with Gasteiger partial charge in [-0.3, -0.25) is 0 Å². The maximum atomic E-state index is 12.8. The van der Waals surface area contributed by atoms with Crippen molar-refractivity contribution in [3.8, 4) is 0 Å². The van der Waals surface area contributed by atoms with E-state index in [1.54, 1.807) is 7.05 Å². The number of hydrogen-bond donors (Lipinski definition) is 0. The van der Waals surface area contributed by atoms with E-state index in [9.17, 15) is 12.8 Å². The van der Waals surface area contributed by atoms with Crippen LogP contribution in [-0.2, 0) is 15.8 Å². The SMILES string of the molecule is CC(C1CC1)N(C)S(=O)(=O)Cc1ccc(F)cc1. The van der Waals surface area contributed by atoms with E-state index in [0.29, 0.717) is 11.5 Å². The fourth-order valence-electron chi connectivity index (χ4n) is 2.02. The van der Waals surface area contributed by atoms with Crippen LogP contribution in [0.1, 0.15) is 25.3 Å². The van der Waals surface area contributed by atoms with E-state index in [1.165, 1.54) is 28.6 Å². The summed E-state index contributed by atoms with van der Waals surface area (Å²) in [6.07, 6.45) is 2.22. The molecule has 1 fully saturated rings. The molecule has 1 unspecified atom stereocenters. The number of nitrogens with zero attached hydrogens (tertiary/aromatic N) is 1. The van der Waals surface area contributed by atoms with Crippen molar-refractivity contribution in [1.82, 2.24) is 4.31 Å². The van der Waals surface area contributed by atoms with Crippen molar-refractivity contribution in [1.29, 1.82) is 0 Å². The largest absolute Gasteiger partial charge is 0.218 e. The molecule has 1 aromatic rings. The number of hydrogen-bond acceptors (Lipinski definition) is 2. The average molecular weight is 271 g/mol. The Labute approximate surface area is 108 Å². The highest BCUT2D eigenvalue weighted by Gasteiger charge is 2.35. The summed E-state index contributed by atoms with van der Waals surface area (Å²) in [4.78, 5) is 0. The lowest BCUT2D eigenvalue weighted by Gasteiger charge is -2.24. The molecule has 0 amide bonds. The Hall–Kier alpha value is -0.940. The van der Waals surface area contributed by atoms with Gasteiger partial charge >= 0.3 is 0 Å². The Bertz CT molecular complexity index is 508. The van der Waals surface area contributed by atoms with Crippen molar-refractivity contribution in [2.45, 2.75) is 31.6 Å². The summed E-state index contributed by atoms with van der Waals surface area (Å²) < 4.78 is 38.6. The summed E-state index contributed by atoms with van der Waals surface area (Å²) in [5.74, 6) is 0.0785. The lowest BCUT2D eigenvalue weighted by atomic mass is 10.2. The van der Waals surface area contributed by atoms with Crippen LogP contribution in [-0.4, -0.2) is 25.8 Å². The van der Waals surface area contributed by atoms with E-state index in [1.807, 2.05) is 6.92 Å². The highest BCUT2D eigenvalue weighted by atomic mass is 32.2. The monoisotopic (exact) mass is 271 g/mol. The van der Waals surface area contributed by atoms with Crippen LogP contribution in [0.25, 0.3) is 0 Å². The normalized spacial score (nSPS) is 18.0. The number of halogens is 1. The van der Waals surface area contributed by atoms with Gasteiger partial charge < -0.3 is 0 Å². The Morgan fingerprint density at radius 1 is 1.33 bits per heavy atom. The minimum Gasteiger partial charge on any atom is -0.212 e. The Morgan fingerprint density at radius 3 is 2.39 bits per heavy atom. The molecule has 0 heterocycles. The van der Waals surface area contributed by atoms with E-state index >= 15 is 0 Å². The van der Waals surface area contributed by atoms with Gasteiger partial charge in [0.1, 0.15) is 5.82 Å². The molecule has 5 heteroatoms. The van der Waals surface area contributed by atoms with Gasteiger partial charge in [-0.2, -0.15) is 0 Å². The molecular formula is C13H18FNO2S. The zero-order chi connectivity index (χ0) is 13.3. The lowest BCUT2D eigenvalue weighted by Crippen LogP contribution is -2.37. The molecule has 0 bridgehead atoms. The number of benzene rings is 1. The molecule has 0 spiro atoms. The molecular weight excluding hydrogens is 253 g/mol. The van der Waals surface area contributed by atoms with Gasteiger partial charge in [-0.05, 0) is 43.4 Å². The van der Waals surface area contributed by atoms with Crippen molar-refractivity contribution in [2.75, 3.05) is 7.05 Å². The fourth-order valence-corrected chi connectivity index (χ4v) is 3.52. The molecule has 1 aliphatic rings. The highest BCUT2D eigenvalue weighted by Crippen LogP contribution is 2.35. The first-order chi connectivity index (χ1) is 8.40. The molecule has 0 aliphatic heterocycles. The van der Waals surface area contributed by atoms with Gasteiger partial charge in [0.15, 0.2) is 0 Å². The first-order valence-corrected chi connectivity index (χ1v) is 7.71. The highest BCUT2D eigenvalue weighted by molar-refractivity contribution is 7.88. The van der Waals surface area contributed by atoms with Crippen LogP contribution in [0, 0.1) is 11.7 Å². The molecule has 0 radical (unpaired) electrons. The second kappa shape index (κ2) is 4.97. The van der Waals surface area contributed by atoms with Gasteiger partial charge in [-0.15, -0.1) is 0 Å². The van der Waals surface area contributed by atoms with Crippen LogP contribution >= 0.6 is 0 Å². The van der Waals surface area contributed by atoms with Crippen molar-refractivity contribution < 1.29 is 12.8 Å². The van der Waals surface area contributed by atoms with Crippen LogP contribution in [0.4, 0.5) is 4.39 Å². The third-order valence-corrected chi connectivity index (χ3v) is 5.49. The standard InChI is InChI=1S/C13H18FNO2S/c1-10(12-5-6-12)15(2)18(16,17)9-11-3-7-13(14)8-4-11/h3-4,7-8,10,12H,5-6,9H2,1-2H3. The molecule has 1 saturated carbocycles. The van der Waals surface area contributed by atoms with Crippen molar-refractivity contribution >= 4 is 10.0 Å². The predicted octanol–water partition coefficient (Wildman–Crippen LogP) is 2.39. The summed E-state index contributed by atoms with van der Waals surface area (Å²) in [7, 11) is -1.69. The predicted molar refractivity (Wildman–Crippen MR) is 69.0 cm³/mol. The zero-order valence-electron chi connectivity index (χ0n) is 10.6. The zero-order valence-corrected chi connectivity index (χ0v) is 11.5. The van der Waals surface area contributed by atoms with Crippen LogP contribution in [0.2, 0.25) is 0 Å². The summed E-state index contributed by atoms with van der Waals surface area (Å²) in [6.45, 7) is 1.94. The van der Waals surface area contributed by atoms with E-state index in [-0.39, 0.29) is 17.6 Å². The van der Waals surface area contributed by atoms with Crippen molar-refractivity contribution in [2.24, 2.45) is 5.92 Å². The van der Waals surface area contributed by atoms with Gasteiger partial charge in [0, 0.05) is 13.1 Å². The topological polar surface area (TPSA) is 37.4 Å². The van der Waals surface area contributed by atoms with E-state index in [4.69, 9.17) is 0 Å². The average Bonchev–Trinajstić information content (AvgIpc) is 3.14. The molecule has 1 atom stereocenters. The molecule has 18 heavy (non-hydrogen) atoms. The van der Waals surface area contributed by atoms with Crippen LogP contribution in [0.15, 0.2) is 24.3 Å². The minimum absolute atomic E-state index is 0.0513. The third kappa shape index (κ3) is 3.09. The van der Waals surface area contributed by atoms with Crippen LogP contribution in [0.3, 0.4) is 0 Å². The summed E-state index contributed by atoms with van der Waals surface area (Å²) >= 11 is 0. The quantitative estimate of drug-likeness (QED) is 0.824. The first-order valence-electron chi connectivity index (χ1n) is 6.10. The van der Waals surface area contributed by atoms with E-state index in [0.717, 1.165) is 12.8 Å². The fraction of sp³-hybridized carbons (Fsp3) is 0.538. The molecule has 1 aromatic carbocycles. The Balaban J connectivity index is 2.08. The molecule has 0 saturated heterocycles. The third-order valence-electron chi connectivity index (χ3n) is 3.58. The summed E-state index contributed by atoms with van der Waals surface area (Å²) in [5.41, 5.74) is 0.617. The van der Waals surface area contributed by atoms with Gasteiger partial charge in [0.05, 0.1) is 5.75 Å². The number of rotatable bonds is 5. The van der Waals surface area contributed by atoms with Gasteiger partial charge in [0.25, 0.3) is 0 Å². The Morgan fingerprint density at radius 2 is 1.89 bits per heavy atom. The lowest BCUT2D eigenvalue weighted by molar-refractivity contribution is 0.356. The summed E-state index contributed by atoms with van der Waals surface area (Å²) in [6, 6.07) is 5.66. The van der Waals surface area contributed by atoms with Crippen LogP contribution < -0.4 is 0 Å². The van der Waals surface area contributed by atoms with Crippen molar-refractivity contribution in [3.63, 3.8) is 0 Å². The smallest absolute Gasteiger partial charge is 0.212 e. The number of sulfonamides is 1. The second-order valence-electron chi connectivity index (χ2n) is 4.98. The molecule has 3 nitrogen and oxygen atoms in total. The summed E-state index contributed by atoms with van der Waals surface area (Å²) in [5, 5.41) is 0. The molecule has 0 N–H and O–H groups in total. The maximum Gasteiger partial charge on any atom is 0.218 e. The van der Waals surface area contributed by atoms with Gasteiger partial charge in [-0.25, -0.2) is 17.1 Å². The van der Waals surface area contributed by atoms with E-state index in [2.05, 4.69) is 0 Å². The maximum absolute atomic E-state index is 12.8. The van der Waals surface area contributed by atoms with Crippen LogP contribution in [0.5, 0.6) is 0 Å². The second-order valence-corrected chi connectivity index (χ2v) is 7.01. The first kappa shape index (κ1) is 13.5. The van der Waals surface area contributed by atoms with Gasteiger partial charge in [-0.1, -0.05) is 12.1 Å². The Kier molecular flexibility index (Phi) is 3.73. The van der Waals surface area contributed by atoms with Gasteiger partial charge in [0.2, 0.25) is 10.0 Å². The molecule has 1 aliphatic carbocycles. The van der Waals surface area contributed by atoms with Crippen molar-refractivity contribution in [3.05, 3.63) is 35.6 Å². The molecule has 2 rings (SSSR count). The minimum atomic E-state index is -3.32. The molecule has 100 valence electrons. The van der Waals surface area contributed by atoms with E-state index < -0.39 is 10.0 Å².